The molecule has 8 heteroatoms. The van der Waals surface area contributed by atoms with Gasteiger partial charge in [-0.2, -0.15) is 5.10 Å². The number of carbonyl (C=O) groups excluding carboxylic acids is 1. The molecular formula is C19H27N5O2S. The zero-order valence-electron chi connectivity index (χ0n) is 16.2. The van der Waals surface area contributed by atoms with Crippen molar-refractivity contribution in [2.45, 2.75) is 40.2 Å². The molecule has 0 unspecified atom stereocenters. The SMILES string of the molecule is CCc1nn(CC(=O)NCCCN(CC)CC)c(=O)c2cc3sccc3n12. The Kier molecular flexibility index (Phi) is 6.28. The average Bonchev–Trinajstić information content (AvgIpc) is 3.26. The molecule has 0 aliphatic heterocycles. The summed E-state index contributed by atoms with van der Waals surface area (Å²) < 4.78 is 4.26. The van der Waals surface area contributed by atoms with Crippen LogP contribution in [0.2, 0.25) is 0 Å². The highest BCUT2D eigenvalue weighted by Crippen LogP contribution is 2.24. The van der Waals surface area contributed by atoms with Crippen LogP contribution in [-0.4, -0.2) is 51.2 Å². The van der Waals surface area contributed by atoms with Gasteiger partial charge in [0, 0.05) is 13.0 Å². The van der Waals surface area contributed by atoms with E-state index in [2.05, 4.69) is 29.2 Å². The van der Waals surface area contributed by atoms with E-state index in [1.165, 1.54) is 4.68 Å². The summed E-state index contributed by atoms with van der Waals surface area (Å²) >= 11 is 1.60. The number of rotatable bonds is 9. The number of aromatic nitrogens is 3. The Morgan fingerprint density at radius 2 is 2.04 bits per heavy atom. The summed E-state index contributed by atoms with van der Waals surface area (Å²) in [6.45, 7) is 9.80. The number of hydrogen-bond acceptors (Lipinski definition) is 5. The van der Waals surface area contributed by atoms with Crippen LogP contribution in [-0.2, 0) is 17.8 Å². The third-order valence-corrected chi connectivity index (χ3v) is 5.70. The van der Waals surface area contributed by atoms with Crippen molar-refractivity contribution < 1.29 is 4.79 Å². The van der Waals surface area contributed by atoms with Crippen LogP contribution >= 0.6 is 11.3 Å². The van der Waals surface area contributed by atoms with Gasteiger partial charge in [-0.1, -0.05) is 20.8 Å². The third kappa shape index (κ3) is 4.06. The monoisotopic (exact) mass is 389 g/mol. The topological polar surface area (TPSA) is 71.6 Å². The second-order valence-corrected chi connectivity index (χ2v) is 7.45. The lowest BCUT2D eigenvalue weighted by atomic mass is 10.3. The molecule has 27 heavy (non-hydrogen) atoms. The molecule has 0 bridgehead atoms. The number of hydrogen-bond donors (Lipinski definition) is 1. The van der Waals surface area contributed by atoms with Crippen LogP contribution in [0.25, 0.3) is 15.7 Å². The van der Waals surface area contributed by atoms with Gasteiger partial charge in [0.1, 0.15) is 17.9 Å². The summed E-state index contributed by atoms with van der Waals surface area (Å²) in [6, 6.07) is 3.89. The van der Waals surface area contributed by atoms with E-state index in [9.17, 15) is 9.59 Å². The smallest absolute Gasteiger partial charge is 0.291 e. The Morgan fingerprint density at radius 3 is 2.74 bits per heavy atom. The minimum Gasteiger partial charge on any atom is -0.354 e. The fourth-order valence-electron chi connectivity index (χ4n) is 3.32. The molecule has 0 fully saturated rings. The largest absolute Gasteiger partial charge is 0.354 e. The standard InChI is InChI=1S/C19H27N5O2S/c1-4-17-21-23(13-18(25)20-9-7-10-22(5-2)6-3)19(26)15-12-16-14(24(15)17)8-11-27-16/h8,11-12H,4-7,9-10,13H2,1-3H3,(H,20,25). The van der Waals surface area contributed by atoms with Crippen LogP contribution in [0.1, 0.15) is 33.0 Å². The Labute approximate surface area is 162 Å². The predicted octanol–water partition coefficient (Wildman–Crippen LogP) is 2.12. The molecule has 0 aromatic carbocycles. The van der Waals surface area contributed by atoms with Crippen LogP contribution in [0, 0.1) is 0 Å². The predicted molar refractivity (Wildman–Crippen MR) is 110 cm³/mol. The van der Waals surface area contributed by atoms with Gasteiger partial charge in [-0.25, -0.2) is 4.68 Å². The van der Waals surface area contributed by atoms with Crippen molar-refractivity contribution in [2.24, 2.45) is 0 Å². The van der Waals surface area contributed by atoms with Gasteiger partial charge in [-0.15, -0.1) is 11.3 Å². The fraction of sp³-hybridized carbons (Fsp3) is 0.526. The summed E-state index contributed by atoms with van der Waals surface area (Å²) in [5.74, 6) is 0.608. The van der Waals surface area contributed by atoms with Gasteiger partial charge in [0.15, 0.2) is 0 Å². The van der Waals surface area contributed by atoms with E-state index in [4.69, 9.17) is 0 Å². The average molecular weight is 390 g/mol. The first-order valence-electron chi connectivity index (χ1n) is 9.56. The first-order chi connectivity index (χ1) is 13.1. The fourth-order valence-corrected chi connectivity index (χ4v) is 4.12. The Balaban J connectivity index is 1.72. The number of fused-ring (bicyclic) bond motifs is 3. The number of nitrogens with zero attached hydrogens (tertiary/aromatic N) is 4. The quantitative estimate of drug-likeness (QED) is 0.569. The molecule has 0 spiro atoms. The molecule has 1 N–H and O–H groups in total. The molecule has 3 aromatic rings. The number of thiophene rings is 1. The van der Waals surface area contributed by atoms with Gasteiger partial charge in [0.05, 0.1) is 10.2 Å². The van der Waals surface area contributed by atoms with Crippen molar-refractivity contribution in [1.29, 1.82) is 0 Å². The zero-order valence-corrected chi connectivity index (χ0v) is 17.0. The van der Waals surface area contributed by atoms with Crippen molar-refractivity contribution in [1.82, 2.24) is 24.4 Å². The van der Waals surface area contributed by atoms with Crippen LogP contribution < -0.4 is 10.9 Å². The minimum absolute atomic E-state index is 0.0492. The third-order valence-electron chi connectivity index (χ3n) is 4.85. The van der Waals surface area contributed by atoms with E-state index in [1.54, 1.807) is 11.3 Å². The second kappa shape index (κ2) is 8.67. The van der Waals surface area contributed by atoms with E-state index in [0.29, 0.717) is 18.5 Å². The molecule has 0 atom stereocenters. The molecule has 3 rings (SSSR count). The molecule has 0 saturated carbocycles. The van der Waals surface area contributed by atoms with Crippen molar-refractivity contribution in [3.8, 4) is 0 Å². The van der Waals surface area contributed by atoms with E-state index in [1.807, 2.05) is 28.8 Å². The molecule has 3 heterocycles. The highest BCUT2D eigenvalue weighted by Gasteiger charge is 2.15. The van der Waals surface area contributed by atoms with Gasteiger partial charge >= 0.3 is 0 Å². The number of aryl methyl sites for hydroxylation is 1. The minimum atomic E-state index is -0.228. The molecular weight excluding hydrogens is 362 g/mol. The first kappa shape index (κ1) is 19.6. The maximum absolute atomic E-state index is 12.8. The highest BCUT2D eigenvalue weighted by atomic mass is 32.1. The van der Waals surface area contributed by atoms with Gasteiger partial charge in [0.2, 0.25) is 5.91 Å². The number of nitrogens with one attached hydrogen (secondary N) is 1. The molecule has 0 radical (unpaired) electrons. The van der Waals surface area contributed by atoms with Gasteiger partial charge in [0.25, 0.3) is 5.56 Å². The number of amides is 1. The van der Waals surface area contributed by atoms with Crippen molar-refractivity contribution in [3.05, 3.63) is 33.7 Å². The Bertz CT molecular complexity index is 983. The molecule has 7 nitrogen and oxygen atoms in total. The lowest BCUT2D eigenvalue weighted by Gasteiger charge is -2.17. The molecule has 0 aliphatic carbocycles. The Hall–Kier alpha value is -2.19. The van der Waals surface area contributed by atoms with Crippen molar-refractivity contribution in [3.63, 3.8) is 0 Å². The summed E-state index contributed by atoms with van der Waals surface area (Å²) in [5.41, 5.74) is 1.36. The molecule has 1 amide bonds. The van der Waals surface area contributed by atoms with Crippen LogP contribution in [0.15, 0.2) is 22.3 Å². The van der Waals surface area contributed by atoms with Gasteiger partial charge in [-0.05, 0) is 43.6 Å². The molecule has 0 saturated heterocycles. The van der Waals surface area contributed by atoms with Crippen LogP contribution in [0.3, 0.4) is 0 Å². The molecule has 0 aliphatic rings. The summed E-state index contributed by atoms with van der Waals surface area (Å²) in [5, 5.41) is 9.35. The Morgan fingerprint density at radius 1 is 1.26 bits per heavy atom. The van der Waals surface area contributed by atoms with Crippen LogP contribution in [0.4, 0.5) is 0 Å². The van der Waals surface area contributed by atoms with E-state index >= 15 is 0 Å². The highest BCUT2D eigenvalue weighted by molar-refractivity contribution is 7.17. The zero-order chi connectivity index (χ0) is 19.4. The van der Waals surface area contributed by atoms with E-state index < -0.39 is 0 Å². The summed E-state index contributed by atoms with van der Waals surface area (Å²) in [6.07, 6.45) is 1.58. The van der Waals surface area contributed by atoms with Gasteiger partial charge < -0.3 is 10.2 Å². The number of carbonyl (C=O) groups is 1. The first-order valence-corrected chi connectivity index (χ1v) is 10.4. The second-order valence-electron chi connectivity index (χ2n) is 6.50. The maximum atomic E-state index is 12.8. The summed E-state index contributed by atoms with van der Waals surface area (Å²) in [4.78, 5) is 27.4. The summed E-state index contributed by atoms with van der Waals surface area (Å²) in [7, 11) is 0. The van der Waals surface area contributed by atoms with Crippen molar-refractivity contribution in [2.75, 3.05) is 26.2 Å². The lowest BCUT2D eigenvalue weighted by Crippen LogP contribution is -2.36. The lowest BCUT2D eigenvalue weighted by molar-refractivity contribution is -0.121. The molecule has 146 valence electrons. The van der Waals surface area contributed by atoms with Crippen LogP contribution in [0.5, 0.6) is 0 Å². The maximum Gasteiger partial charge on any atom is 0.291 e. The molecule has 3 aromatic heterocycles. The van der Waals surface area contributed by atoms with Gasteiger partial charge in [-0.3, -0.25) is 14.0 Å². The van der Waals surface area contributed by atoms with E-state index in [0.717, 1.165) is 42.1 Å². The normalized spacial score (nSPS) is 11.7. The van der Waals surface area contributed by atoms with Crippen molar-refractivity contribution >= 4 is 33.0 Å². The van der Waals surface area contributed by atoms with E-state index in [-0.39, 0.29) is 18.0 Å².